The van der Waals surface area contributed by atoms with Gasteiger partial charge in [0.05, 0.1) is 16.8 Å². The molecule has 2 aromatic heterocycles. The smallest absolute Gasteiger partial charge is 0.275 e. The maximum Gasteiger partial charge on any atom is 0.275 e. The summed E-state index contributed by atoms with van der Waals surface area (Å²) < 4.78 is 3.12. The molecule has 1 aliphatic heterocycles. The molecule has 0 saturated heterocycles. The second-order valence-corrected chi connectivity index (χ2v) is 10.8. The zero-order valence-corrected chi connectivity index (χ0v) is 20.1. The third-order valence-electron chi connectivity index (χ3n) is 7.57. The number of hydrogen-bond acceptors (Lipinski definition) is 3. The molecule has 6 heteroatoms. The average molecular weight is 450 g/mol. The van der Waals surface area contributed by atoms with Gasteiger partial charge in [-0.05, 0) is 80.3 Å². The van der Waals surface area contributed by atoms with E-state index < -0.39 is 5.54 Å². The molecule has 1 aliphatic carbocycles. The lowest BCUT2D eigenvalue weighted by molar-refractivity contribution is -0.127. The van der Waals surface area contributed by atoms with Gasteiger partial charge in [-0.1, -0.05) is 25.8 Å². The molecule has 3 atom stereocenters. The van der Waals surface area contributed by atoms with Crippen LogP contribution in [0.4, 0.5) is 5.69 Å². The van der Waals surface area contributed by atoms with Crippen LogP contribution < -0.4 is 10.2 Å². The first-order valence-corrected chi connectivity index (χ1v) is 12.5. The van der Waals surface area contributed by atoms with Gasteiger partial charge in [-0.3, -0.25) is 14.5 Å². The Labute approximate surface area is 193 Å². The van der Waals surface area contributed by atoms with E-state index in [1.54, 1.807) is 16.2 Å². The molecule has 1 saturated carbocycles. The van der Waals surface area contributed by atoms with E-state index in [1.807, 2.05) is 54.1 Å². The molecule has 32 heavy (non-hydrogen) atoms. The second kappa shape index (κ2) is 7.77. The number of nitrogens with zero attached hydrogens (tertiary/aromatic N) is 2. The summed E-state index contributed by atoms with van der Waals surface area (Å²) in [7, 11) is 0. The maximum absolute atomic E-state index is 13.9. The van der Waals surface area contributed by atoms with Crippen LogP contribution in [0, 0.1) is 19.8 Å². The molecule has 2 amide bonds. The Bertz CT molecular complexity index is 1210. The number of aromatic nitrogens is 1. The highest BCUT2D eigenvalue weighted by molar-refractivity contribution is 7.17. The van der Waals surface area contributed by atoms with Gasteiger partial charge >= 0.3 is 0 Å². The molecular weight excluding hydrogens is 418 g/mol. The van der Waals surface area contributed by atoms with E-state index in [-0.39, 0.29) is 17.9 Å². The molecule has 2 aliphatic rings. The normalized spacial score (nSPS) is 25.8. The van der Waals surface area contributed by atoms with Gasteiger partial charge in [0, 0.05) is 11.7 Å². The van der Waals surface area contributed by atoms with Gasteiger partial charge in [-0.2, -0.15) is 0 Å². The lowest BCUT2D eigenvalue weighted by atomic mass is 9.84. The molecule has 1 N–H and O–H groups in total. The van der Waals surface area contributed by atoms with Crippen molar-refractivity contribution in [2.75, 3.05) is 4.90 Å². The van der Waals surface area contributed by atoms with Gasteiger partial charge in [0.15, 0.2) is 0 Å². The molecule has 3 heterocycles. The van der Waals surface area contributed by atoms with Crippen molar-refractivity contribution in [2.45, 2.75) is 71.5 Å². The molecular formula is C26H31N3O2S. The van der Waals surface area contributed by atoms with Crippen molar-refractivity contribution < 1.29 is 9.59 Å². The van der Waals surface area contributed by atoms with Crippen molar-refractivity contribution in [1.29, 1.82) is 0 Å². The SMILES string of the molecule is Cc1ccc(N2C(=O)c3cc4sccc4n3CC2(C)C(=O)NC2CCCCC2C)cc1C. The lowest BCUT2D eigenvalue weighted by Crippen LogP contribution is -2.65. The van der Waals surface area contributed by atoms with Gasteiger partial charge in [-0.15, -0.1) is 11.3 Å². The summed E-state index contributed by atoms with van der Waals surface area (Å²) in [6.45, 7) is 8.69. The van der Waals surface area contributed by atoms with E-state index in [0.717, 1.165) is 40.7 Å². The molecule has 0 radical (unpaired) electrons. The van der Waals surface area contributed by atoms with Crippen LogP contribution in [0.5, 0.6) is 0 Å². The van der Waals surface area contributed by atoms with Crippen LogP contribution in [0.25, 0.3) is 10.2 Å². The molecule has 0 bridgehead atoms. The Hall–Kier alpha value is -2.60. The fraction of sp³-hybridized carbons (Fsp3) is 0.462. The third-order valence-corrected chi connectivity index (χ3v) is 8.42. The number of fused-ring (bicyclic) bond motifs is 3. The first-order valence-electron chi connectivity index (χ1n) is 11.6. The van der Waals surface area contributed by atoms with Gasteiger partial charge in [-0.25, -0.2) is 0 Å². The summed E-state index contributed by atoms with van der Waals surface area (Å²) in [5.41, 5.74) is 3.73. The summed E-state index contributed by atoms with van der Waals surface area (Å²) in [6, 6.07) is 10.2. The Balaban J connectivity index is 1.60. The lowest BCUT2D eigenvalue weighted by Gasteiger charge is -2.45. The average Bonchev–Trinajstić information content (AvgIpc) is 3.35. The zero-order chi connectivity index (χ0) is 22.6. The quantitative estimate of drug-likeness (QED) is 0.579. The van der Waals surface area contributed by atoms with Crippen LogP contribution in [0.2, 0.25) is 0 Å². The standard InChI is InChI=1S/C26H31N3O2S/c1-16-9-10-19(13-18(16)3)29-24(30)22-14-23-21(11-12-32-23)28(22)15-26(29,4)25(31)27-20-8-6-5-7-17(20)2/h9-14,17,20H,5-8,15H2,1-4H3,(H,27,31). The van der Waals surface area contributed by atoms with Crippen molar-refractivity contribution in [3.63, 3.8) is 0 Å². The number of anilines is 1. The molecule has 0 spiro atoms. The summed E-state index contributed by atoms with van der Waals surface area (Å²) in [4.78, 5) is 29.5. The second-order valence-electron chi connectivity index (χ2n) is 9.81. The van der Waals surface area contributed by atoms with E-state index in [9.17, 15) is 9.59 Å². The van der Waals surface area contributed by atoms with Crippen LogP contribution in [0.3, 0.4) is 0 Å². The van der Waals surface area contributed by atoms with E-state index in [0.29, 0.717) is 18.2 Å². The van der Waals surface area contributed by atoms with Crippen molar-refractivity contribution in [1.82, 2.24) is 9.88 Å². The molecule has 3 aromatic rings. The minimum Gasteiger partial charge on any atom is -0.351 e. The van der Waals surface area contributed by atoms with Crippen molar-refractivity contribution >= 4 is 39.1 Å². The number of thiophene rings is 1. The summed E-state index contributed by atoms with van der Waals surface area (Å²) in [5.74, 6) is 0.277. The van der Waals surface area contributed by atoms with Crippen molar-refractivity contribution in [2.24, 2.45) is 5.92 Å². The number of nitrogens with one attached hydrogen (secondary N) is 1. The van der Waals surface area contributed by atoms with E-state index in [4.69, 9.17) is 0 Å². The highest BCUT2D eigenvalue weighted by atomic mass is 32.1. The number of carbonyl (C=O) groups is 2. The monoisotopic (exact) mass is 449 g/mol. The molecule has 5 rings (SSSR count). The number of aryl methyl sites for hydroxylation is 2. The third kappa shape index (κ3) is 3.27. The van der Waals surface area contributed by atoms with Gasteiger partial charge < -0.3 is 9.88 Å². The van der Waals surface area contributed by atoms with Crippen molar-refractivity contribution in [3.05, 3.63) is 52.5 Å². The van der Waals surface area contributed by atoms with Crippen LogP contribution in [0.15, 0.2) is 35.7 Å². The van der Waals surface area contributed by atoms with Crippen molar-refractivity contribution in [3.8, 4) is 0 Å². The molecule has 168 valence electrons. The van der Waals surface area contributed by atoms with Crippen LogP contribution in [0.1, 0.15) is 61.1 Å². The Morgan fingerprint density at radius 2 is 1.91 bits per heavy atom. The topological polar surface area (TPSA) is 54.3 Å². The van der Waals surface area contributed by atoms with Crippen LogP contribution >= 0.6 is 11.3 Å². The number of hydrogen-bond donors (Lipinski definition) is 1. The Morgan fingerprint density at radius 3 is 2.66 bits per heavy atom. The fourth-order valence-corrected chi connectivity index (χ4v) is 6.16. The highest BCUT2D eigenvalue weighted by Gasteiger charge is 2.49. The van der Waals surface area contributed by atoms with E-state index >= 15 is 0 Å². The van der Waals surface area contributed by atoms with E-state index in [1.165, 1.54) is 12.0 Å². The molecule has 3 unspecified atom stereocenters. The van der Waals surface area contributed by atoms with Gasteiger partial charge in [0.1, 0.15) is 11.2 Å². The van der Waals surface area contributed by atoms with Crippen LogP contribution in [-0.4, -0.2) is 28.0 Å². The Kier molecular flexibility index (Phi) is 5.16. The highest BCUT2D eigenvalue weighted by Crippen LogP contribution is 2.38. The zero-order valence-electron chi connectivity index (χ0n) is 19.3. The molecule has 1 fully saturated rings. The minimum atomic E-state index is -1.02. The first-order chi connectivity index (χ1) is 15.3. The fourth-order valence-electron chi connectivity index (χ4n) is 5.34. The predicted molar refractivity (Wildman–Crippen MR) is 131 cm³/mol. The minimum absolute atomic E-state index is 0.0643. The van der Waals surface area contributed by atoms with Gasteiger partial charge in [0.2, 0.25) is 5.91 Å². The number of amides is 2. The maximum atomic E-state index is 13.9. The first kappa shape index (κ1) is 21.3. The summed E-state index contributed by atoms with van der Waals surface area (Å²) >= 11 is 1.63. The Morgan fingerprint density at radius 1 is 1.12 bits per heavy atom. The summed E-state index contributed by atoms with van der Waals surface area (Å²) in [6.07, 6.45) is 4.51. The van der Waals surface area contributed by atoms with Gasteiger partial charge in [0.25, 0.3) is 5.91 Å². The number of rotatable bonds is 3. The summed E-state index contributed by atoms with van der Waals surface area (Å²) in [5, 5.41) is 5.39. The molecule has 1 aromatic carbocycles. The number of benzene rings is 1. The number of carbonyl (C=O) groups excluding carboxylic acids is 2. The molecule has 5 nitrogen and oxygen atoms in total. The van der Waals surface area contributed by atoms with E-state index in [2.05, 4.69) is 19.2 Å². The predicted octanol–water partition coefficient (Wildman–Crippen LogP) is 5.43. The van der Waals surface area contributed by atoms with Crippen LogP contribution in [-0.2, 0) is 11.3 Å². The largest absolute Gasteiger partial charge is 0.351 e.